The predicted molar refractivity (Wildman–Crippen MR) is 70.2 cm³/mol. The van der Waals surface area contributed by atoms with Gasteiger partial charge in [0.05, 0.1) is 16.7 Å². The van der Waals surface area contributed by atoms with E-state index in [4.69, 9.17) is 15.3 Å². The minimum absolute atomic E-state index is 0.0641. The highest BCUT2D eigenvalue weighted by molar-refractivity contribution is 5.92. The predicted octanol–water partition coefficient (Wildman–Crippen LogP) is 2.18. The van der Waals surface area contributed by atoms with Crippen molar-refractivity contribution in [1.82, 2.24) is 0 Å². The molecule has 0 aromatic heterocycles. The first-order chi connectivity index (χ1) is 8.85. The molecule has 0 aliphatic heterocycles. The molecule has 0 bridgehead atoms. The van der Waals surface area contributed by atoms with Crippen LogP contribution in [0.1, 0.15) is 31.9 Å². The quantitative estimate of drug-likeness (QED) is 0.899. The molecule has 0 spiro atoms. The summed E-state index contributed by atoms with van der Waals surface area (Å²) in [4.78, 5) is 11.6. The zero-order valence-corrected chi connectivity index (χ0v) is 11.2. The van der Waals surface area contributed by atoms with Crippen LogP contribution in [0.25, 0.3) is 0 Å². The standard InChI is InChI=1S/C14H15N3O2/c1-14(2,3)19-9-13(18)17-12-5-4-10(7-15)11(6-12)8-16/h4-6H,9H2,1-3H3,(H,17,18). The van der Waals surface area contributed by atoms with E-state index in [2.05, 4.69) is 5.32 Å². The molecule has 0 saturated heterocycles. The van der Waals surface area contributed by atoms with Crippen molar-refractivity contribution in [3.05, 3.63) is 29.3 Å². The number of benzene rings is 1. The molecule has 0 radical (unpaired) electrons. The van der Waals surface area contributed by atoms with Crippen LogP contribution in [0.5, 0.6) is 0 Å². The Morgan fingerprint density at radius 1 is 1.26 bits per heavy atom. The summed E-state index contributed by atoms with van der Waals surface area (Å²) in [5.74, 6) is -0.302. The molecule has 0 fully saturated rings. The SMILES string of the molecule is CC(C)(C)OCC(=O)Nc1ccc(C#N)c(C#N)c1. The van der Waals surface area contributed by atoms with Crippen LogP contribution in [0.3, 0.4) is 0 Å². The number of nitriles is 2. The molecule has 0 aliphatic rings. The maximum absolute atomic E-state index is 11.6. The average molecular weight is 257 g/mol. The number of hydrogen-bond acceptors (Lipinski definition) is 4. The lowest BCUT2D eigenvalue weighted by Crippen LogP contribution is -2.27. The Labute approximate surface area is 112 Å². The van der Waals surface area contributed by atoms with Crippen molar-refractivity contribution in [2.45, 2.75) is 26.4 Å². The van der Waals surface area contributed by atoms with Gasteiger partial charge in [0.25, 0.3) is 0 Å². The van der Waals surface area contributed by atoms with E-state index in [0.717, 1.165) is 0 Å². The lowest BCUT2D eigenvalue weighted by Gasteiger charge is -2.19. The fourth-order valence-corrected chi connectivity index (χ4v) is 1.29. The van der Waals surface area contributed by atoms with Gasteiger partial charge >= 0.3 is 0 Å². The third-order valence-corrected chi connectivity index (χ3v) is 2.18. The number of rotatable bonds is 3. The maximum Gasteiger partial charge on any atom is 0.250 e. The molecule has 5 heteroatoms. The van der Waals surface area contributed by atoms with E-state index in [0.29, 0.717) is 5.69 Å². The van der Waals surface area contributed by atoms with Crippen molar-refractivity contribution in [2.24, 2.45) is 0 Å². The van der Waals surface area contributed by atoms with E-state index >= 15 is 0 Å². The van der Waals surface area contributed by atoms with Gasteiger partial charge in [-0.1, -0.05) is 0 Å². The summed E-state index contributed by atoms with van der Waals surface area (Å²) in [5.41, 5.74) is 0.598. The third kappa shape index (κ3) is 4.79. The van der Waals surface area contributed by atoms with Gasteiger partial charge < -0.3 is 10.1 Å². The largest absolute Gasteiger partial charge is 0.366 e. The van der Waals surface area contributed by atoms with Gasteiger partial charge in [0.2, 0.25) is 5.91 Å². The maximum atomic E-state index is 11.6. The minimum atomic E-state index is -0.389. The van der Waals surface area contributed by atoms with E-state index in [9.17, 15) is 4.79 Å². The van der Waals surface area contributed by atoms with Gasteiger partial charge in [0.1, 0.15) is 18.7 Å². The number of nitrogens with one attached hydrogen (secondary N) is 1. The summed E-state index contributed by atoms with van der Waals surface area (Å²) in [6.07, 6.45) is 0. The van der Waals surface area contributed by atoms with Crippen LogP contribution in [-0.2, 0) is 9.53 Å². The number of anilines is 1. The lowest BCUT2D eigenvalue weighted by atomic mass is 10.1. The number of hydrogen-bond donors (Lipinski definition) is 1. The Balaban J connectivity index is 2.71. The van der Waals surface area contributed by atoms with Crippen molar-refractivity contribution in [2.75, 3.05) is 11.9 Å². The molecule has 1 amide bonds. The molecule has 1 aromatic rings. The van der Waals surface area contributed by atoms with Gasteiger partial charge in [-0.3, -0.25) is 4.79 Å². The second-order valence-corrected chi connectivity index (χ2v) is 4.93. The molecular formula is C14H15N3O2. The summed E-state index contributed by atoms with van der Waals surface area (Å²) < 4.78 is 5.34. The Hall–Kier alpha value is -2.37. The van der Waals surface area contributed by atoms with Crippen molar-refractivity contribution in [3.63, 3.8) is 0 Å². The number of ether oxygens (including phenoxy) is 1. The second-order valence-electron chi connectivity index (χ2n) is 4.93. The molecule has 1 N–H and O–H groups in total. The Morgan fingerprint density at radius 3 is 2.42 bits per heavy atom. The number of nitrogens with zero attached hydrogens (tertiary/aromatic N) is 2. The van der Waals surface area contributed by atoms with Gasteiger partial charge in [0.15, 0.2) is 0 Å². The highest BCUT2D eigenvalue weighted by Crippen LogP contribution is 2.15. The summed E-state index contributed by atoms with van der Waals surface area (Å²) in [7, 11) is 0. The highest BCUT2D eigenvalue weighted by Gasteiger charge is 2.13. The van der Waals surface area contributed by atoms with Crippen LogP contribution in [0.2, 0.25) is 0 Å². The Morgan fingerprint density at radius 2 is 1.89 bits per heavy atom. The Bertz CT molecular complexity index is 560. The van der Waals surface area contributed by atoms with E-state index in [1.807, 2.05) is 32.9 Å². The number of carbonyl (C=O) groups is 1. The zero-order valence-electron chi connectivity index (χ0n) is 11.2. The zero-order chi connectivity index (χ0) is 14.5. The highest BCUT2D eigenvalue weighted by atomic mass is 16.5. The van der Waals surface area contributed by atoms with Crippen molar-refractivity contribution in [3.8, 4) is 12.1 Å². The summed E-state index contributed by atoms with van der Waals surface area (Å²) in [6, 6.07) is 8.37. The molecule has 0 saturated carbocycles. The molecular weight excluding hydrogens is 242 g/mol. The van der Waals surface area contributed by atoms with Crippen LogP contribution in [0.4, 0.5) is 5.69 Å². The molecule has 0 aliphatic carbocycles. The van der Waals surface area contributed by atoms with Gasteiger partial charge in [-0.05, 0) is 39.0 Å². The topological polar surface area (TPSA) is 85.9 Å². The van der Waals surface area contributed by atoms with Gasteiger partial charge in [-0.15, -0.1) is 0 Å². The van der Waals surface area contributed by atoms with Crippen molar-refractivity contribution >= 4 is 11.6 Å². The van der Waals surface area contributed by atoms with Crippen LogP contribution >= 0.6 is 0 Å². The molecule has 0 unspecified atom stereocenters. The fraction of sp³-hybridized carbons (Fsp3) is 0.357. The van der Waals surface area contributed by atoms with Gasteiger partial charge in [0, 0.05) is 5.69 Å². The van der Waals surface area contributed by atoms with Crippen LogP contribution in [0.15, 0.2) is 18.2 Å². The van der Waals surface area contributed by atoms with Crippen molar-refractivity contribution in [1.29, 1.82) is 10.5 Å². The second kappa shape index (κ2) is 5.99. The van der Waals surface area contributed by atoms with Crippen LogP contribution in [0, 0.1) is 22.7 Å². The molecule has 5 nitrogen and oxygen atoms in total. The Kier molecular flexibility index (Phi) is 4.63. The molecule has 0 heterocycles. The van der Waals surface area contributed by atoms with Crippen molar-refractivity contribution < 1.29 is 9.53 Å². The molecule has 98 valence electrons. The number of amides is 1. The van der Waals surface area contributed by atoms with Gasteiger partial charge in [-0.25, -0.2) is 0 Å². The molecule has 1 rings (SSSR count). The fourth-order valence-electron chi connectivity index (χ4n) is 1.29. The van der Waals surface area contributed by atoms with Gasteiger partial charge in [-0.2, -0.15) is 10.5 Å². The molecule has 0 atom stereocenters. The van der Waals surface area contributed by atoms with E-state index in [1.165, 1.54) is 12.1 Å². The third-order valence-electron chi connectivity index (χ3n) is 2.18. The minimum Gasteiger partial charge on any atom is -0.366 e. The first-order valence-corrected chi connectivity index (χ1v) is 5.74. The first-order valence-electron chi connectivity index (χ1n) is 5.74. The average Bonchev–Trinajstić information content (AvgIpc) is 2.35. The lowest BCUT2D eigenvalue weighted by molar-refractivity contribution is -0.125. The first kappa shape index (κ1) is 14.7. The normalized spacial score (nSPS) is 10.4. The van der Waals surface area contributed by atoms with E-state index in [1.54, 1.807) is 6.07 Å². The smallest absolute Gasteiger partial charge is 0.250 e. The molecule has 19 heavy (non-hydrogen) atoms. The van der Waals surface area contributed by atoms with Crippen LogP contribution in [-0.4, -0.2) is 18.1 Å². The van der Waals surface area contributed by atoms with E-state index in [-0.39, 0.29) is 29.2 Å². The molecule has 1 aromatic carbocycles. The summed E-state index contributed by atoms with van der Waals surface area (Å²) in [6.45, 7) is 5.51. The van der Waals surface area contributed by atoms with E-state index < -0.39 is 0 Å². The van der Waals surface area contributed by atoms with Crippen LogP contribution < -0.4 is 5.32 Å². The monoisotopic (exact) mass is 257 g/mol. The number of carbonyl (C=O) groups excluding carboxylic acids is 1. The summed E-state index contributed by atoms with van der Waals surface area (Å²) in [5, 5.41) is 20.3. The summed E-state index contributed by atoms with van der Waals surface area (Å²) >= 11 is 0.